The summed E-state index contributed by atoms with van der Waals surface area (Å²) in [6, 6.07) is 4.70. The van der Waals surface area contributed by atoms with Crippen LogP contribution in [0.25, 0.3) is 0 Å². The summed E-state index contributed by atoms with van der Waals surface area (Å²) in [6.45, 7) is 3.35. The van der Waals surface area contributed by atoms with Gasteiger partial charge in [-0.3, -0.25) is 0 Å². The maximum Gasteiger partial charge on any atom is 0.105 e. The lowest BCUT2D eigenvalue weighted by Crippen LogP contribution is -2.37. The predicted octanol–water partition coefficient (Wildman–Crippen LogP) is 3.38. The Morgan fingerprint density at radius 2 is 2.25 bits per heavy atom. The SMILES string of the molecule is CCCNC(Cc1ccco1)C1CCCC1. The van der Waals surface area contributed by atoms with E-state index in [-0.39, 0.29) is 0 Å². The van der Waals surface area contributed by atoms with Crippen LogP contribution in [0.4, 0.5) is 0 Å². The fraction of sp³-hybridized carbons (Fsp3) is 0.714. The molecular formula is C14H23NO. The molecule has 1 aliphatic carbocycles. The lowest BCUT2D eigenvalue weighted by Gasteiger charge is -2.23. The summed E-state index contributed by atoms with van der Waals surface area (Å²) in [5.74, 6) is 1.98. The Balaban J connectivity index is 1.90. The minimum atomic E-state index is 0.619. The summed E-state index contributed by atoms with van der Waals surface area (Å²) in [5.41, 5.74) is 0. The van der Waals surface area contributed by atoms with Gasteiger partial charge in [-0.25, -0.2) is 0 Å². The van der Waals surface area contributed by atoms with Crippen LogP contribution in [0.15, 0.2) is 22.8 Å². The van der Waals surface area contributed by atoms with Crippen LogP contribution in [0.5, 0.6) is 0 Å². The molecule has 1 heterocycles. The highest BCUT2D eigenvalue weighted by Crippen LogP contribution is 2.29. The fourth-order valence-electron chi connectivity index (χ4n) is 2.74. The highest BCUT2D eigenvalue weighted by molar-refractivity contribution is 5.01. The lowest BCUT2D eigenvalue weighted by atomic mass is 9.94. The van der Waals surface area contributed by atoms with Crippen molar-refractivity contribution in [3.05, 3.63) is 24.2 Å². The molecule has 1 aliphatic rings. The van der Waals surface area contributed by atoms with E-state index in [1.165, 1.54) is 32.1 Å². The molecule has 1 aromatic rings. The monoisotopic (exact) mass is 221 g/mol. The first-order chi connectivity index (χ1) is 7.90. The van der Waals surface area contributed by atoms with E-state index in [0.717, 1.165) is 24.6 Å². The molecule has 1 aromatic heterocycles. The van der Waals surface area contributed by atoms with Gasteiger partial charge in [0.2, 0.25) is 0 Å². The quantitative estimate of drug-likeness (QED) is 0.796. The van der Waals surface area contributed by atoms with Gasteiger partial charge in [0.1, 0.15) is 5.76 Å². The molecule has 1 fully saturated rings. The van der Waals surface area contributed by atoms with Gasteiger partial charge >= 0.3 is 0 Å². The topological polar surface area (TPSA) is 25.2 Å². The Morgan fingerprint density at radius 1 is 1.44 bits per heavy atom. The van der Waals surface area contributed by atoms with E-state index in [0.29, 0.717) is 6.04 Å². The first-order valence-corrected chi connectivity index (χ1v) is 6.66. The Morgan fingerprint density at radius 3 is 2.88 bits per heavy atom. The third kappa shape index (κ3) is 3.11. The van der Waals surface area contributed by atoms with Crippen molar-refractivity contribution in [3.63, 3.8) is 0 Å². The van der Waals surface area contributed by atoms with Crippen LogP contribution in [0, 0.1) is 5.92 Å². The Hall–Kier alpha value is -0.760. The van der Waals surface area contributed by atoms with Crippen LogP contribution in [0.1, 0.15) is 44.8 Å². The number of nitrogens with one attached hydrogen (secondary N) is 1. The molecule has 0 saturated heterocycles. The summed E-state index contributed by atoms with van der Waals surface area (Å²) < 4.78 is 5.46. The molecule has 16 heavy (non-hydrogen) atoms. The predicted molar refractivity (Wildman–Crippen MR) is 66.5 cm³/mol. The zero-order chi connectivity index (χ0) is 11.2. The van der Waals surface area contributed by atoms with Crippen molar-refractivity contribution in [1.29, 1.82) is 0 Å². The summed E-state index contributed by atoms with van der Waals surface area (Å²) in [7, 11) is 0. The Labute approximate surface area is 98.4 Å². The highest BCUT2D eigenvalue weighted by Gasteiger charge is 2.25. The second-order valence-corrected chi connectivity index (χ2v) is 4.89. The van der Waals surface area contributed by atoms with Gasteiger partial charge in [-0.1, -0.05) is 19.8 Å². The van der Waals surface area contributed by atoms with Crippen LogP contribution < -0.4 is 5.32 Å². The first kappa shape index (κ1) is 11.7. The van der Waals surface area contributed by atoms with Crippen LogP contribution >= 0.6 is 0 Å². The maximum atomic E-state index is 5.46. The van der Waals surface area contributed by atoms with Gasteiger partial charge in [-0.15, -0.1) is 0 Å². The van der Waals surface area contributed by atoms with Crippen molar-refractivity contribution >= 4 is 0 Å². The van der Waals surface area contributed by atoms with Gasteiger partial charge in [0.25, 0.3) is 0 Å². The van der Waals surface area contributed by atoms with E-state index < -0.39 is 0 Å². The summed E-state index contributed by atoms with van der Waals surface area (Å²) >= 11 is 0. The number of furan rings is 1. The molecule has 0 bridgehead atoms. The van der Waals surface area contributed by atoms with Gasteiger partial charge in [-0.05, 0) is 43.9 Å². The molecule has 0 radical (unpaired) electrons. The second-order valence-electron chi connectivity index (χ2n) is 4.89. The molecule has 1 unspecified atom stereocenters. The largest absolute Gasteiger partial charge is 0.469 e. The van der Waals surface area contributed by atoms with Gasteiger partial charge in [0.05, 0.1) is 6.26 Å². The van der Waals surface area contributed by atoms with Crippen molar-refractivity contribution in [3.8, 4) is 0 Å². The first-order valence-electron chi connectivity index (χ1n) is 6.66. The van der Waals surface area contributed by atoms with Gasteiger partial charge in [0.15, 0.2) is 0 Å². The van der Waals surface area contributed by atoms with Crippen molar-refractivity contribution in [2.75, 3.05) is 6.54 Å². The molecule has 1 atom stereocenters. The van der Waals surface area contributed by atoms with E-state index >= 15 is 0 Å². The molecule has 2 nitrogen and oxygen atoms in total. The van der Waals surface area contributed by atoms with Crippen LogP contribution in [-0.2, 0) is 6.42 Å². The third-order valence-corrected chi connectivity index (χ3v) is 3.63. The van der Waals surface area contributed by atoms with Crippen LogP contribution in [-0.4, -0.2) is 12.6 Å². The lowest BCUT2D eigenvalue weighted by molar-refractivity contribution is 0.336. The number of rotatable bonds is 6. The minimum Gasteiger partial charge on any atom is -0.469 e. The van der Waals surface area contributed by atoms with Gasteiger partial charge in [-0.2, -0.15) is 0 Å². The highest BCUT2D eigenvalue weighted by atomic mass is 16.3. The van der Waals surface area contributed by atoms with Crippen molar-refractivity contribution in [2.24, 2.45) is 5.92 Å². The molecule has 0 aliphatic heterocycles. The molecule has 0 aromatic carbocycles. The molecule has 2 rings (SSSR count). The summed E-state index contributed by atoms with van der Waals surface area (Å²) in [6.07, 6.45) is 9.64. The molecule has 2 heteroatoms. The van der Waals surface area contributed by atoms with E-state index in [1.54, 1.807) is 6.26 Å². The molecule has 0 amide bonds. The summed E-state index contributed by atoms with van der Waals surface area (Å²) in [5, 5.41) is 3.69. The maximum absolute atomic E-state index is 5.46. The van der Waals surface area contributed by atoms with Gasteiger partial charge < -0.3 is 9.73 Å². The average Bonchev–Trinajstić information content (AvgIpc) is 2.96. The molecule has 90 valence electrons. The van der Waals surface area contributed by atoms with Crippen LogP contribution in [0.3, 0.4) is 0 Å². The number of hydrogen-bond acceptors (Lipinski definition) is 2. The molecule has 1 N–H and O–H groups in total. The number of hydrogen-bond donors (Lipinski definition) is 1. The second kappa shape index (κ2) is 6.09. The zero-order valence-electron chi connectivity index (χ0n) is 10.2. The van der Waals surface area contributed by atoms with Crippen molar-refractivity contribution in [2.45, 2.75) is 51.5 Å². The van der Waals surface area contributed by atoms with Crippen molar-refractivity contribution < 1.29 is 4.42 Å². The Kier molecular flexibility index (Phi) is 4.46. The van der Waals surface area contributed by atoms with Crippen molar-refractivity contribution in [1.82, 2.24) is 5.32 Å². The molecule has 0 spiro atoms. The minimum absolute atomic E-state index is 0.619. The smallest absolute Gasteiger partial charge is 0.105 e. The van der Waals surface area contributed by atoms with E-state index in [9.17, 15) is 0 Å². The Bertz CT molecular complexity index is 275. The van der Waals surface area contributed by atoms with Gasteiger partial charge in [0, 0.05) is 12.5 Å². The standard InChI is InChI=1S/C14H23NO/c1-2-9-15-14(12-6-3-4-7-12)11-13-8-5-10-16-13/h5,8,10,12,14-15H,2-4,6-7,9,11H2,1H3. The van der Waals surface area contributed by atoms with E-state index in [1.807, 2.05) is 6.07 Å². The summed E-state index contributed by atoms with van der Waals surface area (Å²) in [4.78, 5) is 0. The van der Waals surface area contributed by atoms with E-state index in [4.69, 9.17) is 4.42 Å². The fourth-order valence-corrected chi connectivity index (χ4v) is 2.74. The molecular weight excluding hydrogens is 198 g/mol. The molecule has 1 saturated carbocycles. The zero-order valence-corrected chi connectivity index (χ0v) is 10.2. The average molecular weight is 221 g/mol. The van der Waals surface area contributed by atoms with E-state index in [2.05, 4.69) is 18.3 Å². The van der Waals surface area contributed by atoms with Crippen LogP contribution in [0.2, 0.25) is 0 Å². The normalized spacial score (nSPS) is 19.1. The third-order valence-electron chi connectivity index (χ3n) is 3.63.